The zero-order chi connectivity index (χ0) is 22.5. The summed E-state index contributed by atoms with van der Waals surface area (Å²) < 4.78 is 6.23. The summed E-state index contributed by atoms with van der Waals surface area (Å²) >= 11 is 0. The summed E-state index contributed by atoms with van der Waals surface area (Å²) in [6, 6.07) is 21.6. The molecule has 0 fully saturated rings. The normalized spacial score (nSPS) is 16.6. The number of nitriles is 1. The van der Waals surface area contributed by atoms with Crippen molar-refractivity contribution in [3.8, 4) is 11.9 Å². The quantitative estimate of drug-likeness (QED) is 0.533. The predicted octanol–water partition coefficient (Wildman–Crippen LogP) is 3.36. The summed E-state index contributed by atoms with van der Waals surface area (Å²) in [6.07, 6.45) is 1.23. The van der Waals surface area contributed by atoms with Crippen LogP contribution in [-0.2, 0) is 0 Å². The number of ether oxygens (including phenoxy) is 1. The molecule has 0 saturated heterocycles. The van der Waals surface area contributed by atoms with Crippen LogP contribution in [0.5, 0.6) is 5.88 Å². The van der Waals surface area contributed by atoms with Gasteiger partial charge < -0.3 is 21.1 Å². The number of fused-ring (bicyclic) bond motifs is 1. The SMILES string of the molecule is C[C@@H](CN[C@H](c1ccccc1)[C@@H]1CNc2cc(C(N)=O)cnc2O1)c1ccc(C#N)cc1. The molecule has 0 bridgehead atoms. The number of rotatable bonds is 7. The predicted molar refractivity (Wildman–Crippen MR) is 122 cm³/mol. The van der Waals surface area contributed by atoms with E-state index in [1.54, 1.807) is 6.07 Å². The van der Waals surface area contributed by atoms with Crippen LogP contribution in [0.3, 0.4) is 0 Å². The lowest BCUT2D eigenvalue weighted by Crippen LogP contribution is -2.43. The van der Waals surface area contributed by atoms with Gasteiger partial charge in [-0.25, -0.2) is 4.98 Å². The van der Waals surface area contributed by atoms with Crippen molar-refractivity contribution in [2.24, 2.45) is 5.73 Å². The number of hydrogen-bond acceptors (Lipinski definition) is 6. The molecular formula is C25H25N5O2. The zero-order valence-corrected chi connectivity index (χ0v) is 17.8. The lowest BCUT2D eigenvalue weighted by molar-refractivity contribution is 0.0999. The van der Waals surface area contributed by atoms with Crippen LogP contribution in [0.2, 0.25) is 0 Å². The van der Waals surface area contributed by atoms with Crippen molar-refractivity contribution in [3.05, 3.63) is 89.1 Å². The van der Waals surface area contributed by atoms with Crippen LogP contribution in [0.15, 0.2) is 66.9 Å². The minimum Gasteiger partial charge on any atom is -0.469 e. The Balaban J connectivity index is 1.51. The Labute approximate surface area is 187 Å². The lowest BCUT2D eigenvalue weighted by atomic mass is 9.96. The molecule has 1 aliphatic rings. The maximum Gasteiger partial charge on any atom is 0.250 e. The highest BCUT2D eigenvalue weighted by Crippen LogP contribution is 2.32. The Morgan fingerprint density at radius 1 is 1.25 bits per heavy atom. The molecule has 162 valence electrons. The Kier molecular flexibility index (Phi) is 6.34. The molecule has 0 radical (unpaired) electrons. The van der Waals surface area contributed by atoms with Crippen LogP contribution in [0.4, 0.5) is 5.69 Å². The van der Waals surface area contributed by atoms with Crippen LogP contribution in [0.25, 0.3) is 0 Å². The first kappa shape index (κ1) is 21.3. The number of anilines is 1. The number of nitrogens with one attached hydrogen (secondary N) is 2. The second-order valence-corrected chi connectivity index (χ2v) is 7.91. The van der Waals surface area contributed by atoms with Crippen molar-refractivity contribution in [2.75, 3.05) is 18.4 Å². The Bertz CT molecular complexity index is 1130. The maximum atomic E-state index is 11.4. The van der Waals surface area contributed by atoms with Gasteiger partial charge in [-0.3, -0.25) is 4.79 Å². The van der Waals surface area contributed by atoms with E-state index >= 15 is 0 Å². The van der Waals surface area contributed by atoms with Crippen LogP contribution in [0, 0.1) is 11.3 Å². The monoisotopic (exact) mass is 427 g/mol. The Hall–Kier alpha value is -3.89. The number of carbonyl (C=O) groups is 1. The average Bonchev–Trinajstić information content (AvgIpc) is 2.84. The van der Waals surface area contributed by atoms with Gasteiger partial charge in [0.2, 0.25) is 11.8 Å². The molecule has 1 aliphatic heterocycles. The van der Waals surface area contributed by atoms with E-state index < -0.39 is 5.91 Å². The third-order valence-corrected chi connectivity index (χ3v) is 5.68. The minimum atomic E-state index is -0.523. The minimum absolute atomic E-state index is 0.0738. The third kappa shape index (κ3) is 4.71. The van der Waals surface area contributed by atoms with Gasteiger partial charge in [0.15, 0.2) is 0 Å². The van der Waals surface area contributed by atoms with E-state index in [1.165, 1.54) is 6.20 Å². The molecule has 1 aromatic heterocycles. The first-order valence-electron chi connectivity index (χ1n) is 10.5. The molecule has 1 amide bonds. The average molecular weight is 428 g/mol. The summed E-state index contributed by atoms with van der Waals surface area (Å²) in [6.45, 7) is 3.43. The summed E-state index contributed by atoms with van der Waals surface area (Å²) in [4.78, 5) is 15.7. The van der Waals surface area contributed by atoms with E-state index in [-0.39, 0.29) is 18.1 Å². The number of nitrogens with two attached hydrogens (primary N) is 1. The van der Waals surface area contributed by atoms with Gasteiger partial charge in [0, 0.05) is 12.7 Å². The van der Waals surface area contributed by atoms with Crippen LogP contribution >= 0.6 is 0 Å². The van der Waals surface area contributed by atoms with E-state index in [0.717, 1.165) is 17.7 Å². The van der Waals surface area contributed by atoms with Crippen molar-refractivity contribution < 1.29 is 9.53 Å². The molecule has 32 heavy (non-hydrogen) atoms. The first-order valence-corrected chi connectivity index (χ1v) is 10.5. The standard InChI is InChI=1S/C25H25N5O2/c1-16(18-9-7-17(12-26)8-10-18)13-29-23(19-5-3-2-4-6-19)22-15-28-21-11-20(24(27)31)14-30-25(21)32-22/h2-11,14,16,22-23,28-29H,13,15H2,1H3,(H2,27,31)/t16-,22-,23+/m0/s1. The fourth-order valence-corrected chi connectivity index (χ4v) is 3.82. The number of aromatic nitrogens is 1. The number of pyridine rings is 1. The Morgan fingerprint density at radius 2 is 2.00 bits per heavy atom. The summed E-state index contributed by atoms with van der Waals surface area (Å²) in [5.41, 5.74) is 9.29. The van der Waals surface area contributed by atoms with Gasteiger partial charge in [-0.2, -0.15) is 5.26 Å². The highest BCUT2D eigenvalue weighted by Gasteiger charge is 2.30. The number of benzene rings is 2. The third-order valence-electron chi connectivity index (χ3n) is 5.68. The molecule has 7 heteroatoms. The summed E-state index contributed by atoms with van der Waals surface area (Å²) in [5.74, 6) is 0.174. The van der Waals surface area contributed by atoms with Gasteiger partial charge in [0.25, 0.3) is 0 Å². The molecule has 7 nitrogen and oxygen atoms in total. The maximum absolute atomic E-state index is 11.4. The fourth-order valence-electron chi connectivity index (χ4n) is 3.82. The molecule has 0 saturated carbocycles. The van der Waals surface area contributed by atoms with E-state index in [4.69, 9.17) is 15.7 Å². The van der Waals surface area contributed by atoms with E-state index in [1.807, 2.05) is 42.5 Å². The summed E-state index contributed by atoms with van der Waals surface area (Å²) in [5, 5.41) is 16.0. The Morgan fingerprint density at radius 3 is 2.69 bits per heavy atom. The number of nitrogens with zero attached hydrogens (tertiary/aromatic N) is 2. The lowest BCUT2D eigenvalue weighted by Gasteiger charge is -2.34. The molecule has 0 unspecified atom stereocenters. The molecule has 0 aliphatic carbocycles. The van der Waals surface area contributed by atoms with E-state index in [2.05, 4.69) is 40.7 Å². The van der Waals surface area contributed by atoms with E-state index in [0.29, 0.717) is 29.2 Å². The molecule has 4 rings (SSSR count). The van der Waals surface area contributed by atoms with Crippen molar-refractivity contribution >= 4 is 11.6 Å². The molecule has 2 heterocycles. The van der Waals surface area contributed by atoms with Crippen LogP contribution in [-0.4, -0.2) is 30.1 Å². The van der Waals surface area contributed by atoms with Crippen molar-refractivity contribution in [2.45, 2.75) is 25.0 Å². The zero-order valence-electron chi connectivity index (χ0n) is 17.8. The molecule has 3 atom stereocenters. The van der Waals surface area contributed by atoms with Gasteiger partial charge in [-0.15, -0.1) is 0 Å². The second-order valence-electron chi connectivity index (χ2n) is 7.91. The van der Waals surface area contributed by atoms with Gasteiger partial charge in [-0.05, 0) is 35.2 Å². The first-order chi connectivity index (χ1) is 15.5. The topological polar surface area (TPSA) is 113 Å². The van der Waals surface area contributed by atoms with Crippen LogP contribution < -0.4 is 21.1 Å². The number of amides is 1. The van der Waals surface area contributed by atoms with Gasteiger partial charge in [0.1, 0.15) is 6.10 Å². The van der Waals surface area contributed by atoms with Crippen molar-refractivity contribution in [1.29, 1.82) is 5.26 Å². The molecule has 4 N–H and O–H groups in total. The largest absolute Gasteiger partial charge is 0.469 e. The molecule has 0 spiro atoms. The van der Waals surface area contributed by atoms with Crippen LogP contribution in [0.1, 0.15) is 45.9 Å². The second kappa shape index (κ2) is 9.50. The fraction of sp³-hybridized carbons (Fsp3) is 0.240. The number of hydrogen-bond donors (Lipinski definition) is 3. The number of carbonyl (C=O) groups excluding carboxylic acids is 1. The molecular weight excluding hydrogens is 402 g/mol. The van der Waals surface area contributed by atoms with E-state index in [9.17, 15) is 4.79 Å². The highest BCUT2D eigenvalue weighted by atomic mass is 16.5. The number of primary amides is 1. The molecule has 3 aromatic rings. The molecule has 2 aromatic carbocycles. The summed E-state index contributed by atoms with van der Waals surface area (Å²) in [7, 11) is 0. The highest BCUT2D eigenvalue weighted by molar-refractivity contribution is 5.93. The van der Waals surface area contributed by atoms with Crippen molar-refractivity contribution in [1.82, 2.24) is 10.3 Å². The van der Waals surface area contributed by atoms with Gasteiger partial charge in [-0.1, -0.05) is 49.4 Å². The van der Waals surface area contributed by atoms with Gasteiger partial charge >= 0.3 is 0 Å². The van der Waals surface area contributed by atoms with Crippen molar-refractivity contribution in [3.63, 3.8) is 0 Å². The van der Waals surface area contributed by atoms with Gasteiger partial charge in [0.05, 0.1) is 35.5 Å². The smallest absolute Gasteiger partial charge is 0.250 e.